The second kappa shape index (κ2) is 16.1. The Balaban J connectivity index is 0.000000229. The topological polar surface area (TPSA) is 25.8 Å². The van der Waals surface area contributed by atoms with E-state index in [4.69, 9.17) is 8.22 Å². The third-order valence-corrected chi connectivity index (χ3v) is 11.7. The second-order valence-corrected chi connectivity index (χ2v) is 21.2. The number of aryl methyl sites for hydroxylation is 1. The van der Waals surface area contributed by atoms with Crippen LogP contribution in [0.15, 0.2) is 103 Å². The maximum Gasteiger partial charge on any atom is 0.123 e. The van der Waals surface area contributed by atoms with Gasteiger partial charge in [0.1, 0.15) is 5.82 Å². The molecule has 0 atom stereocenters. The SMILES string of the molecule is [2H]C([2H])([2H])c1c[c-]c(-c2cc(C([2H])(C)C)c([Si](C)(C)C)cn2)cc1.[2H]C([2H])(c1ccnc(-c2[c-]ccc3c2sc2cc(-c4ccc(F)cc4)ccc23)c1)C(C)(C)C.[Ir]. The first-order valence-electron chi connectivity index (χ1n) is 20.1. The van der Waals surface area contributed by atoms with Crippen LogP contribution in [0.25, 0.3) is 53.8 Å². The van der Waals surface area contributed by atoms with Crippen molar-refractivity contribution in [2.75, 3.05) is 0 Å². The molecule has 0 aliphatic carbocycles. The van der Waals surface area contributed by atoms with Crippen molar-refractivity contribution >= 4 is 44.8 Å². The van der Waals surface area contributed by atoms with Crippen LogP contribution in [0.3, 0.4) is 0 Å². The fourth-order valence-electron chi connectivity index (χ4n) is 6.03. The second-order valence-electron chi connectivity index (χ2n) is 15.1. The van der Waals surface area contributed by atoms with E-state index in [9.17, 15) is 4.39 Å². The van der Waals surface area contributed by atoms with Gasteiger partial charge in [0, 0.05) is 45.4 Å². The number of rotatable bonds is 6. The first-order valence-corrected chi connectivity index (χ1v) is 21.4. The van der Waals surface area contributed by atoms with Gasteiger partial charge in [-0.05, 0) is 79.7 Å². The summed E-state index contributed by atoms with van der Waals surface area (Å²) in [6, 6.07) is 33.6. The van der Waals surface area contributed by atoms with Gasteiger partial charge in [-0.2, -0.15) is 11.3 Å². The average Bonchev–Trinajstić information content (AvgIpc) is 3.52. The third kappa shape index (κ3) is 9.21. The van der Waals surface area contributed by atoms with E-state index in [-0.39, 0.29) is 31.5 Å². The molecule has 0 fully saturated rings. The van der Waals surface area contributed by atoms with Crippen LogP contribution in [0.4, 0.5) is 4.39 Å². The number of thiophene rings is 1. The summed E-state index contributed by atoms with van der Waals surface area (Å²) in [6.45, 7) is 14.1. The van der Waals surface area contributed by atoms with E-state index in [1.807, 2.05) is 59.0 Å². The summed E-state index contributed by atoms with van der Waals surface area (Å²) in [4.78, 5) is 9.13. The summed E-state index contributed by atoms with van der Waals surface area (Å²) in [7, 11) is -1.61. The normalized spacial score (nSPS) is 14.2. The zero-order valence-corrected chi connectivity index (χ0v) is 35.0. The molecule has 3 heterocycles. The van der Waals surface area contributed by atoms with Crippen molar-refractivity contribution in [1.29, 1.82) is 0 Å². The van der Waals surface area contributed by atoms with Gasteiger partial charge in [-0.15, -0.1) is 59.2 Å². The average molecular weight is 905 g/mol. The van der Waals surface area contributed by atoms with E-state index in [1.54, 1.807) is 47.9 Å². The molecule has 3 aromatic heterocycles. The van der Waals surface area contributed by atoms with Crippen molar-refractivity contribution in [3.8, 4) is 33.6 Å². The molecule has 52 heavy (non-hydrogen) atoms. The molecule has 0 amide bonds. The van der Waals surface area contributed by atoms with Crippen molar-refractivity contribution in [1.82, 2.24) is 9.97 Å². The van der Waals surface area contributed by atoms with Crippen LogP contribution >= 0.6 is 11.3 Å². The van der Waals surface area contributed by atoms with E-state index in [0.717, 1.165) is 59.4 Å². The first-order chi connectivity index (χ1) is 26.4. The number of pyridine rings is 2. The Kier molecular flexibility index (Phi) is 9.79. The molecule has 1 radical (unpaired) electrons. The summed E-state index contributed by atoms with van der Waals surface area (Å²) >= 11 is 1.67. The molecular formula is C46H47FIrN2SSi-2. The zero-order chi connectivity index (χ0) is 41.7. The van der Waals surface area contributed by atoms with Crippen molar-refractivity contribution in [2.24, 2.45) is 5.41 Å². The minimum Gasteiger partial charge on any atom is -0.305 e. The molecule has 7 rings (SSSR count). The molecular weight excluding hydrogens is 852 g/mol. The van der Waals surface area contributed by atoms with Gasteiger partial charge < -0.3 is 9.97 Å². The van der Waals surface area contributed by atoms with Crippen molar-refractivity contribution in [2.45, 2.75) is 73.4 Å². The summed E-state index contributed by atoms with van der Waals surface area (Å²) in [5.74, 6) is -0.959. The summed E-state index contributed by atoms with van der Waals surface area (Å²) < 4.78 is 63.6. The van der Waals surface area contributed by atoms with Gasteiger partial charge >= 0.3 is 0 Å². The number of hydrogen-bond donors (Lipinski definition) is 0. The van der Waals surface area contributed by atoms with E-state index >= 15 is 0 Å². The summed E-state index contributed by atoms with van der Waals surface area (Å²) in [5.41, 5.74) is 6.41. The molecule has 7 aromatic rings. The molecule has 0 aliphatic rings. The fraction of sp³-hybridized carbons (Fsp3) is 0.261. The van der Waals surface area contributed by atoms with Gasteiger partial charge in [0.25, 0.3) is 0 Å². The minimum absolute atomic E-state index is 0. The number of benzene rings is 4. The first kappa shape index (κ1) is 31.7. The number of nitrogens with zero attached hydrogens (tertiary/aromatic N) is 2. The monoisotopic (exact) mass is 905 g/mol. The Morgan fingerprint density at radius 1 is 0.885 bits per heavy atom. The molecule has 0 aliphatic heterocycles. The van der Waals surface area contributed by atoms with Crippen LogP contribution in [0, 0.1) is 30.2 Å². The van der Waals surface area contributed by atoms with Gasteiger partial charge in [0.05, 0.1) is 8.07 Å². The number of halogens is 1. The predicted octanol–water partition coefficient (Wildman–Crippen LogP) is 12.8. The smallest absolute Gasteiger partial charge is 0.123 e. The Hall–Kier alpha value is -3.80. The Morgan fingerprint density at radius 2 is 1.63 bits per heavy atom. The molecule has 0 unspecified atom stereocenters. The van der Waals surface area contributed by atoms with E-state index in [0.29, 0.717) is 5.56 Å². The van der Waals surface area contributed by atoms with Gasteiger partial charge in [0.2, 0.25) is 0 Å². The minimum atomic E-state index is -2.13. The predicted molar refractivity (Wildman–Crippen MR) is 220 cm³/mol. The van der Waals surface area contributed by atoms with Gasteiger partial charge in [-0.3, -0.25) is 0 Å². The van der Waals surface area contributed by atoms with Crippen molar-refractivity contribution < 1.29 is 32.7 Å². The third-order valence-electron chi connectivity index (χ3n) is 8.49. The largest absolute Gasteiger partial charge is 0.305 e. The van der Waals surface area contributed by atoms with E-state index in [2.05, 4.69) is 66.0 Å². The quantitative estimate of drug-likeness (QED) is 0.123. The van der Waals surface area contributed by atoms with Crippen LogP contribution in [-0.4, -0.2) is 18.0 Å². The standard InChI is InChI=1S/C28H23FNS.C18H24NSi.Ir/c1-28(2,3)17-18-13-14-30-25(15-18)24-6-4-5-23-22-12-9-20(16-26(22)31-27(23)24)19-7-10-21(29)11-8-19;1-13(2)16-11-17(15-9-7-14(3)8-10-15)19-12-18(16)20(4,5)6;/h4-5,7-16H,17H2,1-3H3;7-9,11-13H,1-6H3;/q2*-1;/i17D2;3D3,13D;. The van der Waals surface area contributed by atoms with Gasteiger partial charge in [-0.25, -0.2) is 4.39 Å². The van der Waals surface area contributed by atoms with Crippen molar-refractivity contribution in [3.63, 3.8) is 0 Å². The zero-order valence-electron chi connectivity index (χ0n) is 36.8. The molecule has 6 heteroatoms. The number of aromatic nitrogens is 2. The van der Waals surface area contributed by atoms with Crippen LogP contribution in [-0.2, 0) is 26.5 Å². The molecule has 0 bridgehead atoms. The molecule has 269 valence electrons. The molecule has 4 aromatic carbocycles. The van der Waals surface area contributed by atoms with Gasteiger partial charge in [0.15, 0.2) is 0 Å². The van der Waals surface area contributed by atoms with Crippen LogP contribution in [0.5, 0.6) is 0 Å². The Labute approximate surface area is 336 Å². The van der Waals surface area contributed by atoms with E-state index in [1.165, 1.54) is 23.4 Å². The molecule has 2 nitrogen and oxygen atoms in total. The maximum absolute atomic E-state index is 13.3. The Bertz CT molecular complexity index is 2550. The van der Waals surface area contributed by atoms with E-state index < -0.39 is 32.6 Å². The number of fused-ring (bicyclic) bond motifs is 3. The Morgan fingerprint density at radius 3 is 2.29 bits per heavy atom. The molecule has 0 spiro atoms. The fourth-order valence-corrected chi connectivity index (χ4v) is 8.86. The summed E-state index contributed by atoms with van der Waals surface area (Å²) in [5, 5.41) is 3.46. The van der Waals surface area contributed by atoms with Crippen molar-refractivity contribution in [3.05, 3.63) is 138 Å². The summed E-state index contributed by atoms with van der Waals surface area (Å²) in [6.07, 6.45) is 2.07. The van der Waals surface area contributed by atoms with Crippen LogP contribution in [0.2, 0.25) is 19.6 Å². The molecule has 0 saturated carbocycles. The van der Waals surface area contributed by atoms with Gasteiger partial charge in [-0.1, -0.05) is 114 Å². The maximum atomic E-state index is 13.3. The van der Waals surface area contributed by atoms with Crippen LogP contribution < -0.4 is 5.19 Å². The molecule has 0 N–H and O–H groups in total. The molecule has 0 saturated heterocycles. The number of hydrogen-bond acceptors (Lipinski definition) is 3. The van der Waals surface area contributed by atoms with Crippen LogP contribution in [0.1, 0.15) is 65.4 Å².